The van der Waals surface area contributed by atoms with Crippen LogP contribution in [0.1, 0.15) is 30.9 Å². The number of nitrogens with one attached hydrogen (secondary N) is 1. The Morgan fingerprint density at radius 1 is 1.04 bits per heavy atom. The lowest BCUT2D eigenvalue weighted by Crippen LogP contribution is -2.36. The van der Waals surface area contributed by atoms with E-state index < -0.39 is 12.0 Å². The summed E-state index contributed by atoms with van der Waals surface area (Å²) in [6.07, 6.45) is 1.64. The van der Waals surface area contributed by atoms with Gasteiger partial charge in [0.15, 0.2) is 0 Å². The van der Waals surface area contributed by atoms with Crippen LogP contribution >= 0.6 is 0 Å². The number of rotatable bonds is 9. The Kier molecular flexibility index (Phi) is 7.46. The summed E-state index contributed by atoms with van der Waals surface area (Å²) >= 11 is 0. The molecule has 0 aliphatic heterocycles. The maximum absolute atomic E-state index is 12.2. The van der Waals surface area contributed by atoms with E-state index in [2.05, 4.69) is 17.6 Å². The van der Waals surface area contributed by atoms with Crippen molar-refractivity contribution in [2.45, 2.75) is 38.9 Å². The molecular weight excluding hydrogens is 302 g/mol. The van der Waals surface area contributed by atoms with Crippen molar-refractivity contribution >= 4 is 5.91 Å². The van der Waals surface area contributed by atoms with Crippen molar-refractivity contribution in [3.05, 3.63) is 71.8 Å². The zero-order chi connectivity index (χ0) is 17.2. The Hall–Kier alpha value is -2.17. The first kappa shape index (κ1) is 18.2. The van der Waals surface area contributed by atoms with Gasteiger partial charge in [-0.2, -0.15) is 0 Å². The van der Waals surface area contributed by atoms with Crippen LogP contribution in [0.5, 0.6) is 0 Å². The molecule has 1 amide bonds. The van der Waals surface area contributed by atoms with Crippen LogP contribution < -0.4 is 5.48 Å². The molecule has 24 heavy (non-hydrogen) atoms. The van der Waals surface area contributed by atoms with Crippen molar-refractivity contribution in [3.63, 3.8) is 0 Å². The number of aliphatic hydroxyl groups excluding tert-OH is 1. The molecule has 0 unspecified atom stereocenters. The molecule has 0 bridgehead atoms. The summed E-state index contributed by atoms with van der Waals surface area (Å²) in [5.74, 6) is -0.738. The number of carbonyl (C=O) groups is 1. The maximum atomic E-state index is 12.2. The van der Waals surface area contributed by atoms with Gasteiger partial charge in [0.1, 0.15) is 0 Å². The van der Waals surface area contributed by atoms with E-state index in [0.29, 0.717) is 13.0 Å². The van der Waals surface area contributed by atoms with E-state index in [9.17, 15) is 9.90 Å². The van der Waals surface area contributed by atoms with Crippen LogP contribution in [0, 0.1) is 5.92 Å². The normalized spacial score (nSPS) is 13.2. The Morgan fingerprint density at radius 2 is 1.62 bits per heavy atom. The summed E-state index contributed by atoms with van der Waals surface area (Å²) in [6, 6.07) is 19.8. The van der Waals surface area contributed by atoms with Gasteiger partial charge in [-0.05, 0) is 37.3 Å². The number of benzene rings is 2. The summed E-state index contributed by atoms with van der Waals surface area (Å²) in [5.41, 5.74) is 4.68. The zero-order valence-electron chi connectivity index (χ0n) is 14.0. The third kappa shape index (κ3) is 6.14. The highest BCUT2D eigenvalue weighted by Crippen LogP contribution is 2.15. The summed E-state index contributed by atoms with van der Waals surface area (Å²) in [7, 11) is 0. The predicted molar refractivity (Wildman–Crippen MR) is 93.9 cm³/mol. The topological polar surface area (TPSA) is 58.6 Å². The third-order valence-corrected chi connectivity index (χ3v) is 4.00. The molecule has 4 nitrogen and oxygen atoms in total. The van der Waals surface area contributed by atoms with Gasteiger partial charge in [-0.1, -0.05) is 60.7 Å². The van der Waals surface area contributed by atoms with E-state index in [-0.39, 0.29) is 5.91 Å². The van der Waals surface area contributed by atoms with Crippen LogP contribution in [0.15, 0.2) is 60.7 Å². The minimum absolute atomic E-state index is 0.269. The lowest BCUT2D eigenvalue weighted by Gasteiger charge is -2.19. The molecule has 2 aromatic rings. The average molecular weight is 327 g/mol. The van der Waals surface area contributed by atoms with Crippen LogP contribution in [0.4, 0.5) is 0 Å². The Balaban J connectivity index is 1.75. The number of carbonyl (C=O) groups excluding carboxylic acids is 1. The van der Waals surface area contributed by atoms with Gasteiger partial charge in [-0.25, -0.2) is 5.48 Å². The van der Waals surface area contributed by atoms with Crippen LogP contribution in [-0.2, 0) is 22.7 Å². The molecule has 0 radical (unpaired) electrons. The summed E-state index contributed by atoms with van der Waals surface area (Å²) in [6.45, 7) is 1.95. The van der Waals surface area contributed by atoms with Crippen LogP contribution in [0.2, 0.25) is 0 Å². The van der Waals surface area contributed by atoms with Gasteiger partial charge in [0.25, 0.3) is 0 Å². The monoisotopic (exact) mass is 327 g/mol. The maximum Gasteiger partial charge on any atom is 0.249 e. The van der Waals surface area contributed by atoms with Gasteiger partial charge >= 0.3 is 0 Å². The van der Waals surface area contributed by atoms with E-state index in [1.807, 2.05) is 48.5 Å². The number of aliphatic hydroxyl groups is 1. The van der Waals surface area contributed by atoms with Crippen molar-refractivity contribution in [2.24, 2.45) is 5.92 Å². The van der Waals surface area contributed by atoms with Crippen molar-refractivity contribution < 1.29 is 14.7 Å². The van der Waals surface area contributed by atoms with Crippen LogP contribution in [-0.4, -0.2) is 17.1 Å². The first-order valence-corrected chi connectivity index (χ1v) is 8.34. The molecular formula is C20H25NO3. The minimum Gasteiger partial charge on any atom is -0.393 e. The average Bonchev–Trinajstić information content (AvgIpc) is 2.60. The number of amides is 1. The summed E-state index contributed by atoms with van der Waals surface area (Å²) < 4.78 is 0. The SMILES string of the molecule is C[C@@H](O)[C@@H](CCCc1ccccc1)C(=O)NOCc1ccccc1. The summed E-state index contributed by atoms with van der Waals surface area (Å²) in [5, 5.41) is 9.88. The fraction of sp³-hybridized carbons (Fsp3) is 0.350. The molecule has 0 heterocycles. The van der Waals surface area contributed by atoms with Gasteiger partial charge in [0.2, 0.25) is 5.91 Å². The molecule has 2 N–H and O–H groups in total. The van der Waals surface area contributed by atoms with Crippen molar-refractivity contribution in [1.82, 2.24) is 5.48 Å². The quantitative estimate of drug-likeness (QED) is 0.695. The minimum atomic E-state index is -0.707. The molecule has 0 saturated carbocycles. The number of hydrogen-bond donors (Lipinski definition) is 2. The van der Waals surface area contributed by atoms with E-state index in [0.717, 1.165) is 18.4 Å². The van der Waals surface area contributed by atoms with Gasteiger partial charge in [-0.3, -0.25) is 9.63 Å². The van der Waals surface area contributed by atoms with Gasteiger partial charge in [-0.15, -0.1) is 0 Å². The van der Waals surface area contributed by atoms with E-state index in [1.165, 1.54) is 5.56 Å². The highest BCUT2D eigenvalue weighted by molar-refractivity contribution is 5.78. The van der Waals surface area contributed by atoms with Crippen LogP contribution in [0.3, 0.4) is 0 Å². The van der Waals surface area contributed by atoms with Gasteiger partial charge in [0, 0.05) is 0 Å². The molecule has 0 saturated heterocycles. The standard InChI is InChI=1S/C20H25NO3/c1-16(22)19(14-8-13-17-9-4-2-5-10-17)20(23)21-24-15-18-11-6-3-7-12-18/h2-7,9-12,16,19,22H,8,13-15H2,1H3,(H,21,23)/t16-,19-/m1/s1. The van der Waals surface area contributed by atoms with Crippen molar-refractivity contribution in [2.75, 3.05) is 0 Å². The fourth-order valence-electron chi connectivity index (χ4n) is 2.60. The molecule has 2 rings (SSSR count). The molecule has 128 valence electrons. The van der Waals surface area contributed by atoms with Crippen LogP contribution in [0.25, 0.3) is 0 Å². The molecule has 2 aromatic carbocycles. The van der Waals surface area contributed by atoms with E-state index in [1.54, 1.807) is 6.92 Å². The second-order valence-corrected chi connectivity index (χ2v) is 5.97. The Bertz CT molecular complexity index is 599. The molecule has 0 aliphatic rings. The first-order chi connectivity index (χ1) is 11.7. The Morgan fingerprint density at radius 3 is 2.21 bits per heavy atom. The molecule has 0 spiro atoms. The lowest BCUT2D eigenvalue weighted by molar-refractivity contribution is -0.142. The second kappa shape index (κ2) is 9.85. The molecule has 0 aromatic heterocycles. The number of hydroxylamine groups is 1. The fourth-order valence-corrected chi connectivity index (χ4v) is 2.60. The number of hydrogen-bond acceptors (Lipinski definition) is 3. The highest BCUT2D eigenvalue weighted by Gasteiger charge is 2.23. The van der Waals surface area contributed by atoms with E-state index >= 15 is 0 Å². The second-order valence-electron chi connectivity index (χ2n) is 5.97. The predicted octanol–water partition coefficient (Wildman–Crippen LogP) is 3.25. The van der Waals surface area contributed by atoms with Gasteiger partial charge in [0.05, 0.1) is 18.6 Å². The zero-order valence-corrected chi connectivity index (χ0v) is 14.0. The first-order valence-electron chi connectivity index (χ1n) is 8.34. The lowest BCUT2D eigenvalue weighted by atomic mass is 9.95. The van der Waals surface area contributed by atoms with Gasteiger partial charge < -0.3 is 5.11 Å². The molecule has 4 heteroatoms. The number of aryl methyl sites for hydroxylation is 1. The van der Waals surface area contributed by atoms with Crippen molar-refractivity contribution in [3.8, 4) is 0 Å². The highest BCUT2D eigenvalue weighted by atomic mass is 16.6. The van der Waals surface area contributed by atoms with Crippen molar-refractivity contribution in [1.29, 1.82) is 0 Å². The molecule has 0 aliphatic carbocycles. The molecule has 0 fully saturated rings. The molecule has 2 atom stereocenters. The smallest absolute Gasteiger partial charge is 0.249 e. The van der Waals surface area contributed by atoms with E-state index in [4.69, 9.17) is 4.84 Å². The Labute approximate surface area is 143 Å². The third-order valence-electron chi connectivity index (χ3n) is 4.00. The summed E-state index contributed by atoms with van der Waals surface area (Å²) in [4.78, 5) is 17.5. The largest absolute Gasteiger partial charge is 0.393 e.